The predicted octanol–water partition coefficient (Wildman–Crippen LogP) is 5.76. The monoisotopic (exact) mass is 437 g/mol. The SMILES string of the molecule is C=CCc1cc(/C=C2\SC(=O)N(Cc3ccccc3C)C2=O)cc(OCC)c1OCC. The molecule has 1 heterocycles. The second kappa shape index (κ2) is 10.4. The Balaban J connectivity index is 1.93. The Morgan fingerprint density at radius 2 is 1.81 bits per heavy atom. The van der Waals surface area contributed by atoms with E-state index >= 15 is 0 Å². The van der Waals surface area contributed by atoms with Crippen molar-refractivity contribution in [3.8, 4) is 11.5 Å². The van der Waals surface area contributed by atoms with Crippen LogP contribution < -0.4 is 9.47 Å². The molecule has 2 aromatic rings. The van der Waals surface area contributed by atoms with Gasteiger partial charge in [-0.1, -0.05) is 30.3 Å². The van der Waals surface area contributed by atoms with E-state index in [0.29, 0.717) is 36.0 Å². The van der Waals surface area contributed by atoms with Gasteiger partial charge in [-0.15, -0.1) is 6.58 Å². The van der Waals surface area contributed by atoms with Crippen LogP contribution in [0.25, 0.3) is 6.08 Å². The van der Waals surface area contributed by atoms with Crippen molar-refractivity contribution < 1.29 is 19.1 Å². The van der Waals surface area contributed by atoms with Crippen molar-refractivity contribution in [3.63, 3.8) is 0 Å². The van der Waals surface area contributed by atoms with Gasteiger partial charge in [-0.3, -0.25) is 14.5 Å². The lowest BCUT2D eigenvalue weighted by molar-refractivity contribution is -0.123. The number of amides is 2. The number of aryl methyl sites for hydroxylation is 1. The third kappa shape index (κ3) is 5.20. The van der Waals surface area contributed by atoms with Crippen molar-refractivity contribution >= 4 is 29.0 Å². The van der Waals surface area contributed by atoms with Gasteiger partial charge in [0.25, 0.3) is 11.1 Å². The first kappa shape index (κ1) is 22.7. The van der Waals surface area contributed by atoms with Crippen molar-refractivity contribution in [3.05, 3.63) is 76.2 Å². The maximum atomic E-state index is 13.0. The quantitative estimate of drug-likeness (QED) is 0.369. The summed E-state index contributed by atoms with van der Waals surface area (Å²) in [5.74, 6) is 1.03. The number of imide groups is 1. The fourth-order valence-electron chi connectivity index (χ4n) is 3.39. The zero-order valence-corrected chi connectivity index (χ0v) is 19.0. The Morgan fingerprint density at radius 3 is 2.48 bits per heavy atom. The highest BCUT2D eigenvalue weighted by Gasteiger charge is 2.35. The molecule has 3 rings (SSSR count). The van der Waals surface area contributed by atoms with Gasteiger partial charge in [-0.05, 0) is 73.9 Å². The van der Waals surface area contributed by atoms with E-state index in [1.54, 1.807) is 12.2 Å². The maximum Gasteiger partial charge on any atom is 0.293 e. The highest BCUT2D eigenvalue weighted by Crippen LogP contribution is 2.37. The molecule has 0 unspecified atom stereocenters. The highest BCUT2D eigenvalue weighted by molar-refractivity contribution is 8.18. The van der Waals surface area contributed by atoms with E-state index in [2.05, 4.69) is 6.58 Å². The number of carbonyl (C=O) groups excluding carboxylic acids is 2. The van der Waals surface area contributed by atoms with Gasteiger partial charge < -0.3 is 9.47 Å². The molecule has 0 radical (unpaired) electrons. The van der Waals surface area contributed by atoms with Crippen molar-refractivity contribution in [2.24, 2.45) is 0 Å². The first-order valence-corrected chi connectivity index (χ1v) is 11.1. The van der Waals surface area contributed by atoms with Crippen LogP contribution in [0.15, 0.2) is 54.0 Å². The van der Waals surface area contributed by atoms with E-state index in [-0.39, 0.29) is 17.7 Å². The van der Waals surface area contributed by atoms with Gasteiger partial charge in [0.05, 0.1) is 24.7 Å². The van der Waals surface area contributed by atoms with Gasteiger partial charge in [0.15, 0.2) is 11.5 Å². The van der Waals surface area contributed by atoms with Crippen LogP contribution in [0, 0.1) is 6.92 Å². The minimum absolute atomic E-state index is 0.262. The normalized spacial score (nSPS) is 14.9. The number of allylic oxidation sites excluding steroid dienone is 1. The zero-order valence-electron chi connectivity index (χ0n) is 18.1. The lowest BCUT2D eigenvalue weighted by Gasteiger charge is -2.16. The van der Waals surface area contributed by atoms with Gasteiger partial charge in [0.1, 0.15) is 0 Å². The molecule has 0 aliphatic carbocycles. The molecule has 0 N–H and O–H groups in total. The van der Waals surface area contributed by atoms with E-state index in [1.165, 1.54) is 4.90 Å². The van der Waals surface area contributed by atoms with E-state index in [1.807, 2.05) is 57.2 Å². The summed E-state index contributed by atoms with van der Waals surface area (Å²) in [6.45, 7) is 10.9. The molecule has 0 saturated carbocycles. The van der Waals surface area contributed by atoms with Crippen LogP contribution in [0.4, 0.5) is 4.79 Å². The van der Waals surface area contributed by atoms with Crippen molar-refractivity contribution in [2.45, 2.75) is 33.7 Å². The molecule has 0 aromatic heterocycles. The van der Waals surface area contributed by atoms with E-state index in [0.717, 1.165) is 34.0 Å². The second-order valence-electron chi connectivity index (χ2n) is 7.06. The summed E-state index contributed by atoms with van der Waals surface area (Å²) in [4.78, 5) is 27.2. The van der Waals surface area contributed by atoms with E-state index < -0.39 is 0 Å². The van der Waals surface area contributed by atoms with Crippen LogP contribution in [0.3, 0.4) is 0 Å². The third-order valence-corrected chi connectivity index (χ3v) is 5.78. The Kier molecular flexibility index (Phi) is 7.58. The van der Waals surface area contributed by atoms with Crippen molar-refractivity contribution in [1.82, 2.24) is 4.90 Å². The van der Waals surface area contributed by atoms with E-state index in [9.17, 15) is 9.59 Å². The number of hydrogen-bond donors (Lipinski definition) is 0. The van der Waals surface area contributed by atoms with E-state index in [4.69, 9.17) is 9.47 Å². The molecule has 0 bridgehead atoms. The number of nitrogens with zero attached hydrogens (tertiary/aromatic N) is 1. The zero-order chi connectivity index (χ0) is 22.4. The Morgan fingerprint density at radius 1 is 1.06 bits per heavy atom. The van der Waals surface area contributed by atoms with Gasteiger partial charge in [0.2, 0.25) is 0 Å². The average Bonchev–Trinajstić information content (AvgIpc) is 3.00. The number of carbonyl (C=O) groups is 2. The summed E-state index contributed by atoms with van der Waals surface area (Å²) in [6, 6.07) is 11.6. The third-order valence-electron chi connectivity index (χ3n) is 4.87. The molecular formula is C25H27NO4S. The van der Waals surface area contributed by atoms with Crippen LogP contribution in [0.2, 0.25) is 0 Å². The minimum atomic E-state index is -0.282. The molecule has 0 atom stereocenters. The number of ether oxygens (including phenoxy) is 2. The molecule has 2 amide bonds. The predicted molar refractivity (Wildman–Crippen MR) is 125 cm³/mol. The topological polar surface area (TPSA) is 55.8 Å². The molecule has 31 heavy (non-hydrogen) atoms. The van der Waals surface area contributed by atoms with Gasteiger partial charge in [-0.25, -0.2) is 0 Å². The Hall–Kier alpha value is -2.99. The van der Waals surface area contributed by atoms with Crippen LogP contribution in [0.5, 0.6) is 11.5 Å². The molecule has 1 aliphatic rings. The summed E-state index contributed by atoms with van der Waals surface area (Å²) in [7, 11) is 0. The number of benzene rings is 2. The second-order valence-corrected chi connectivity index (χ2v) is 8.05. The number of thioether (sulfide) groups is 1. The molecule has 1 saturated heterocycles. The summed E-state index contributed by atoms with van der Waals surface area (Å²) in [5, 5.41) is -0.262. The smallest absolute Gasteiger partial charge is 0.293 e. The highest BCUT2D eigenvalue weighted by atomic mass is 32.2. The van der Waals surface area contributed by atoms with Gasteiger partial charge in [0, 0.05) is 5.56 Å². The minimum Gasteiger partial charge on any atom is -0.490 e. The van der Waals surface area contributed by atoms with Crippen molar-refractivity contribution in [2.75, 3.05) is 13.2 Å². The fraction of sp³-hybridized carbons (Fsp3) is 0.280. The van der Waals surface area contributed by atoms with Crippen LogP contribution in [-0.4, -0.2) is 29.3 Å². The Labute approximate surface area is 187 Å². The van der Waals surface area contributed by atoms with Crippen molar-refractivity contribution in [1.29, 1.82) is 0 Å². The molecule has 2 aromatic carbocycles. The average molecular weight is 438 g/mol. The molecular weight excluding hydrogens is 410 g/mol. The summed E-state index contributed by atoms with van der Waals surface area (Å²) in [5.41, 5.74) is 3.71. The van der Waals surface area contributed by atoms with Crippen LogP contribution in [-0.2, 0) is 17.8 Å². The molecule has 1 fully saturated rings. The van der Waals surface area contributed by atoms with Crippen LogP contribution >= 0.6 is 11.8 Å². The van der Waals surface area contributed by atoms with Gasteiger partial charge in [-0.2, -0.15) is 0 Å². The summed E-state index contributed by atoms with van der Waals surface area (Å²) in [6.07, 6.45) is 4.15. The van der Waals surface area contributed by atoms with Crippen LogP contribution in [0.1, 0.15) is 36.1 Å². The van der Waals surface area contributed by atoms with Gasteiger partial charge >= 0.3 is 0 Å². The summed E-state index contributed by atoms with van der Waals surface area (Å²) >= 11 is 0.961. The standard InChI is InChI=1S/C25H27NO4S/c1-5-10-19-13-18(14-21(29-6-2)23(19)30-7-3)15-22-24(27)26(25(28)31-22)16-20-12-9-8-11-17(20)4/h5,8-9,11-15H,1,6-7,10,16H2,2-4H3/b22-15-. The molecule has 6 heteroatoms. The lowest BCUT2D eigenvalue weighted by atomic mass is 10.0. The lowest BCUT2D eigenvalue weighted by Crippen LogP contribution is -2.27. The number of hydrogen-bond acceptors (Lipinski definition) is 5. The molecule has 0 spiro atoms. The first-order valence-electron chi connectivity index (χ1n) is 10.3. The first-order chi connectivity index (χ1) is 15.0. The summed E-state index contributed by atoms with van der Waals surface area (Å²) < 4.78 is 11.6. The molecule has 5 nitrogen and oxygen atoms in total. The largest absolute Gasteiger partial charge is 0.490 e. The number of rotatable bonds is 9. The maximum absolute atomic E-state index is 13.0. The molecule has 1 aliphatic heterocycles. The Bertz CT molecular complexity index is 1030. The fourth-order valence-corrected chi connectivity index (χ4v) is 4.23. The molecule has 162 valence electrons.